The fraction of sp³-hybridized carbons (Fsp3) is 0.815. The van der Waals surface area contributed by atoms with Gasteiger partial charge >= 0.3 is 5.97 Å². The van der Waals surface area contributed by atoms with E-state index in [0.29, 0.717) is 19.3 Å². The third-order valence-corrected chi connectivity index (χ3v) is 11.8. The van der Waals surface area contributed by atoms with Crippen LogP contribution in [-0.2, 0) is 14.3 Å². The number of nitrogens with one attached hydrogen (secondary N) is 1. The number of unbranched alkanes of at least 4 members (excludes halogenated alkanes) is 29. The van der Waals surface area contributed by atoms with Gasteiger partial charge in [0.15, 0.2) is 0 Å². The van der Waals surface area contributed by atoms with Crippen LogP contribution in [0.2, 0.25) is 0 Å². The number of rotatable bonds is 46. The van der Waals surface area contributed by atoms with Crippen molar-refractivity contribution in [2.45, 2.75) is 277 Å². The van der Waals surface area contributed by atoms with Gasteiger partial charge in [-0.15, -0.1) is 0 Å². The molecule has 350 valence electrons. The molecule has 0 aliphatic carbocycles. The highest BCUT2D eigenvalue weighted by atomic mass is 16.5. The molecule has 0 saturated carbocycles. The molecule has 0 aliphatic heterocycles. The lowest BCUT2D eigenvalue weighted by Gasteiger charge is -2.24. The van der Waals surface area contributed by atoms with E-state index in [9.17, 15) is 19.8 Å². The number of allylic oxidation sites excluding steroid dienone is 8. The van der Waals surface area contributed by atoms with Crippen molar-refractivity contribution in [1.29, 1.82) is 0 Å². The molecule has 0 aliphatic rings. The molecule has 3 N–H and O–H groups in total. The zero-order chi connectivity index (χ0) is 43.8. The normalized spacial score (nSPS) is 13.6. The Morgan fingerprint density at radius 1 is 0.483 bits per heavy atom. The molecule has 1 amide bonds. The number of aliphatic hydroxyl groups is 2. The van der Waals surface area contributed by atoms with E-state index in [0.717, 1.165) is 70.6 Å². The van der Waals surface area contributed by atoms with Crippen LogP contribution in [0.25, 0.3) is 0 Å². The summed E-state index contributed by atoms with van der Waals surface area (Å²) in [5.74, 6) is -0.505. The minimum Gasteiger partial charge on any atom is -0.462 e. The molecule has 0 saturated heterocycles. The Kier molecular flexibility index (Phi) is 46.1. The highest BCUT2D eigenvalue weighted by Gasteiger charge is 2.24. The smallest absolute Gasteiger partial charge is 0.306 e. The van der Waals surface area contributed by atoms with Crippen LogP contribution in [0.15, 0.2) is 48.6 Å². The number of amides is 1. The number of ether oxygens (including phenoxy) is 1. The van der Waals surface area contributed by atoms with Crippen LogP contribution in [0.3, 0.4) is 0 Å². The van der Waals surface area contributed by atoms with Gasteiger partial charge in [0, 0.05) is 6.42 Å². The second-order valence-corrected chi connectivity index (χ2v) is 17.7. The summed E-state index contributed by atoms with van der Waals surface area (Å²) in [7, 11) is 0. The molecule has 3 atom stereocenters. The average molecular weight is 842 g/mol. The van der Waals surface area contributed by atoms with Crippen molar-refractivity contribution in [3.8, 4) is 0 Å². The molecule has 0 aromatic carbocycles. The predicted molar refractivity (Wildman–Crippen MR) is 259 cm³/mol. The molecule has 0 fully saturated rings. The zero-order valence-electron chi connectivity index (χ0n) is 39.8. The lowest BCUT2D eigenvalue weighted by molar-refractivity contribution is -0.151. The molecular formula is C54H99NO5. The van der Waals surface area contributed by atoms with Gasteiger partial charge in [-0.25, -0.2) is 0 Å². The SMILES string of the molecule is CCCCC/C=C/C=C/C=C/C=C/CCCCCC(CC(=O)NC(CO)C(O)CCCCCCCCCCC)OC(=O)CCCCCCCCCCCCCCCCCC. The van der Waals surface area contributed by atoms with Crippen LogP contribution >= 0.6 is 0 Å². The number of aliphatic hydroxyl groups excluding tert-OH is 2. The van der Waals surface area contributed by atoms with Crippen LogP contribution in [0.1, 0.15) is 258 Å². The first kappa shape index (κ1) is 57.8. The lowest BCUT2D eigenvalue weighted by Crippen LogP contribution is -2.46. The van der Waals surface area contributed by atoms with Gasteiger partial charge in [0.05, 0.1) is 25.2 Å². The number of carbonyl (C=O) groups excluding carboxylic acids is 2. The van der Waals surface area contributed by atoms with E-state index >= 15 is 0 Å². The first-order chi connectivity index (χ1) is 29.5. The fourth-order valence-electron chi connectivity index (χ4n) is 7.80. The minimum absolute atomic E-state index is 0.0537. The summed E-state index contributed by atoms with van der Waals surface area (Å²) in [5, 5.41) is 23.7. The second kappa shape index (κ2) is 47.9. The quantitative estimate of drug-likeness (QED) is 0.0322. The van der Waals surface area contributed by atoms with E-state index in [1.54, 1.807) is 0 Å². The van der Waals surface area contributed by atoms with Gasteiger partial charge in [0.2, 0.25) is 5.91 Å². The zero-order valence-corrected chi connectivity index (χ0v) is 39.8. The van der Waals surface area contributed by atoms with Crippen LogP contribution in [0.5, 0.6) is 0 Å². The summed E-state index contributed by atoms with van der Waals surface area (Å²) in [4.78, 5) is 26.1. The third kappa shape index (κ3) is 42.5. The fourth-order valence-corrected chi connectivity index (χ4v) is 7.80. The molecule has 0 radical (unpaired) electrons. The third-order valence-electron chi connectivity index (χ3n) is 11.8. The summed E-state index contributed by atoms with van der Waals surface area (Å²) < 4.78 is 5.92. The van der Waals surface area contributed by atoms with Crippen molar-refractivity contribution >= 4 is 11.9 Å². The van der Waals surface area contributed by atoms with Crippen molar-refractivity contribution in [2.75, 3.05) is 6.61 Å². The van der Waals surface area contributed by atoms with Crippen LogP contribution < -0.4 is 5.32 Å². The Morgan fingerprint density at radius 2 is 0.850 bits per heavy atom. The molecule has 0 heterocycles. The average Bonchev–Trinajstić information content (AvgIpc) is 3.24. The van der Waals surface area contributed by atoms with Crippen molar-refractivity contribution < 1.29 is 24.5 Å². The van der Waals surface area contributed by atoms with E-state index in [-0.39, 0.29) is 24.9 Å². The number of hydrogen-bond donors (Lipinski definition) is 3. The molecular weight excluding hydrogens is 743 g/mol. The van der Waals surface area contributed by atoms with Gasteiger partial charge in [-0.1, -0.05) is 243 Å². The molecule has 3 unspecified atom stereocenters. The van der Waals surface area contributed by atoms with Crippen molar-refractivity contribution in [1.82, 2.24) is 5.32 Å². The summed E-state index contributed by atoms with van der Waals surface area (Å²) >= 11 is 0. The van der Waals surface area contributed by atoms with Crippen molar-refractivity contribution in [2.24, 2.45) is 0 Å². The van der Waals surface area contributed by atoms with Crippen LogP contribution in [0, 0.1) is 0 Å². The van der Waals surface area contributed by atoms with Gasteiger partial charge in [0.1, 0.15) is 6.10 Å². The van der Waals surface area contributed by atoms with E-state index in [2.05, 4.69) is 74.7 Å². The maximum absolute atomic E-state index is 13.2. The van der Waals surface area contributed by atoms with E-state index in [1.165, 1.54) is 141 Å². The summed E-state index contributed by atoms with van der Waals surface area (Å²) in [6.45, 7) is 6.42. The van der Waals surface area contributed by atoms with Gasteiger partial charge in [-0.3, -0.25) is 9.59 Å². The molecule has 0 bridgehead atoms. The topological polar surface area (TPSA) is 95.9 Å². The molecule has 60 heavy (non-hydrogen) atoms. The van der Waals surface area contributed by atoms with Gasteiger partial charge in [-0.2, -0.15) is 0 Å². The maximum atomic E-state index is 13.2. The Balaban J connectivity index is 4.64. The number of hydrogen-bond acceptors (Lipinski definition) is 5. The van der Waals surface area contributed by atoms with Crippen molar-refractivity contribution in [3.05, 3.63) is 48.6 Å². The molecule has 6 heteroatoms. The summed E-state index contributed by atoms with van der Waals surface area (Å²) in [5.41, 5.74) is 0. The number of carbonyl (C=O) groups is 2. The van der Waals surface area contributed by atoms with E-state index in [4.69, 9.17) is 4.74 Å². The monoisotopic (exact) mass is 842 g/mol. The standard InChI is InChI=1S/C54H99NO5/c1-4-7-10-13-16-19-21-23-25-27-29-31-34-36-39-42-45-50(48-53(58)55-51(49-56)52(57)46-43-40-37-33-18-15-12-9-6-3)60-54(59)47-44-41-38-35-32-30-28-26-24-22-20-17-14-11-8-5-2/h16,19,21,23,25,27,29,31,50-52,56-57H,4-15,17-18,20,22,24,26,28,30,32-49H2,1-3H3,(H,55,58)/b19-16+,23-21+,27-25+,31-29+. The van der Waals surface area contributed by atoms with E-state index in [1.807, 2.05) is 0 Å². The van der Waals surface area contributed by atoms with Gasteiger partial charge < -0.3 is 20.3 Å². The highest BCUT2D eigenvalue weighted by Crippen LogP contribution is 2.18. The molecule has 0 aromatic heterocycles. The molecule has 0 spiro atoms. The highest BCUT2D eigenvalue weighted by molar-refractivity contribution is 5.77. The first-order valence-corrected chi connectivity index (χ1v) is 25.9. The number of esters is 1. The Labute approximate surface area is 372 Å². The molecule has 0 aromatic rings. The first-order valence-electron chi connectivity index (χ1n) is 25.9. The summed E-state index contributed by atoms with van der Waals surface area (Å²) in [6.07, 6.45) is 57.4. The Morgan fingerprint density at radius 3 is 1.32 bits per heavy atom. The van der Waals surface area contributed by atoms with E-state index < -0.39 is 18.2 Å². The maximum Gasteiger partial charge on any atom is 0.306 e. The largest absolute Gasteiger partial charge is 0.462 e. The molecule has 0 rings (SSSR count). The Bertz CT molecular complexity index is 1040. The van der Waals surface area contributed by atoms with Gasteiger partial charge in [-0.05, 0) is 51.4 Å². The molecule has 6 nitrogen and oxygen atoms in total. The summed E-state index contributed by atoms with van der Waals surface area (Å²) in [6, 6.07) is -0.712. The Hall–Kier alpha value is -2.18. The second-order valence-electron chi connectivity index (χ2n) is 17.7. The minimum atomic E-state index is -0.796. The van der Waals surface area contributed by atoms with Gasteiger partial charge in [0.25, 0.3) is 0 Å². The van der Waals surface area contributed by atoms with Crippen LogP contribution in [0.4, 0.5) is 0 Å². The predicted octanol–water partition coefficient (Wildman–Crippen LogP) is 15.5. The van der Waals surface area contributed by atoms with Crippen LogP contribution in [-0.4, -0.2) is 46.9 Å². The van der Waals surface area contributed by atoms with Crippen molar-refractivity contribution in [3.63, 3.8) is 0 Å². The lowest BCUT2D eigenvalue weighted by atomic mass is 10.0.